The standard InChI is InChI=1S/C16H15BrN4O3/c17-13-3-1-2-12(10-13)16(22)20-8-6-19(7-9-20)14-4-5-15(18-11-14)21(23)24/h1-5,10-11H,6-9H2. The van der Waals surface area contributed by atoms with Crippen LogP contribution in [0, 0.1) is 10.1 Å². The van der Waals surface area contributed by atoms with Gasteiger partial charge in [0.2, 0.25) is 0 Å². The molecule has 1 aromatic carbocycles. The van der Waals surface area contributed by atoms with E-state index < -0.39 is 4.92 Å². The quantitative estimate of drug-likeness (QED) is 0.594. The van der Waals surface area contributed by atoms with E-state index >= 15 is 0 Å². The number of nitrogens with zero attached hydrogens (tertiary/aromatic N) is 4. The second-order valence-corrected chi connectivity index (χ2v) is 6.34. The fourth-order valence-corrected chi connectivity index (χ4v) is 3.04. The number of carbonyl (C=O) groups is 1. The van der Waals surface area contributed by atoms with E-state index in [-0.39, 0.29) is 11.7 Å². The first-order valence-corrected chi connectivity index (χ1v) is 8.24. The van der Waals surface area contributed by atoms with Gasteiger partial charge in [0.25, 0.3) is 5.91 Å². The fraction of sp³-hybridized carbons (Fsp3) is 0.250. The Kier molecular flexibility index (Phi) is 4.75. The lowest BCUT2D eigenvalue weighted by Crippen LogP contribution is -2.48. The summed E-state index contributed by atoms with van der Waals surface area (Å²) < 4.78 is 0.879. The van der Waals surface area contributed by atoms with Gasteiger partial charge in [-0.3, -0.25) is 4.79 Å². The summed E-state index contributed by atoms with van der Waals surface area (Å²) in [4.78, 5) is 30.4. The van der Waals surface area contributed by atoms with Crippen molar-refractivity contribution in [2.24, 2.45) is 0 Å². The van der Waals surface area contributed by atoms with Gasteiger partial charge < -0.3 is 19.9 Å². The van der Waals surface area contributed by atoms with Gasteiger partial charge in [-0.2, -0.15) is 0 Å². The number of aromatic nitrogens is 1. The highest BCUT2D eigenvalue weighted by atomic mass is 79.9. The third kappa shape index (κ3) is 3.53. The summed E-state index contributed by atoms with van der Waals surface area (Å²) >= 11 is 3.38. The molecule has 1 aromatic heterocycles. The zero-order valence-corrected chi connectivity index (χ0v) is 14.3. The molecule has 0 bridgehead atoms. The van der Waals surface area contributed by atoms with Crippen molar-refractivity contribution in [2.45, 2.75) is 0 Å². The minimum Gasteiger partial charge on any atom is -0.365 e. The summed E-state index contributed by atoms with van der Waals surface area (Å²) in [6.45, 7) is 2.53. The molecule has 24 heavy (non-hydrogen) atoms. The number of rotatable bonds is 3. The first-order valence-electron chi connectivity index (χ1n) is 7.45. The molecule has 7 nitrogen and oxygen atoms in total. The number of pyridine rings is 1. The minimum absolute atomic E-state index is 0.0118. The Labute approximate surface area is 147 Å². The highest BCUT2D eigenvalue weighted by Crippen LogP contribution is 2.19. The Morgan fingerprint density at radius 3 is 2.50 bits per heavy atom. The molecule has 1 aliphatic rings. The summed E-state index contributed by atoms with van der Waals surface area (Å²) in [6, 6.07) is 10.4. The van der Waals surface area contributed by atoms with Crippen LogP contribution >= 0.6 is 15.9 Å². The van der Waals surface area contributed by atoms with Crippen LogP contribution in [-0.4, -0.2) is 46.9 Å². The molecular weight excluding hydrogens is 376 g/mol. The normalized spacial score (nSPS) is 14.5. The fourth-order valence-electron chi connectivity index (χ4n) is 2.65. The topological polar surface area (TPSA) is 79.6 Å². The van der Waals surface area contributed by atoms with E-state index in [1.165, 1.54) is 12.3 Å². The lowest BCUT2D eigenvalue weighted by Gasteiger charge is -2.35. The van der Waals surface area contributed by atoms with Crippen LogP contribution in [0.4, 0.5) is 11.5 Å². The molecule has 0 aliphatic carbocycles. The van der Waals surface area contributed by atoms with Crippen LogP contribution in [-0.2, 0) is 0 Å². The number of benzene rings is 1. The maximum Gasteiger partial charge on any atom is 0.363 e. The van der Waals surface area contributed by atoms with E-state index in [4.69, 9.17) is 0 Å². The monoisotopic (exact) mass is 390 g/mol. The summed E-state index contributed by atoms with van der Waals surface area (Å²) in [5, 5.41) is 10.6. The van der Waals surface area contributed by atoms with Crippen LogP contribution in [0.5, 0.6) is 0 Å². The van der Waals surface area contributed by atoms with Crippen molar-refractivity contribution in [1.29, 1.82) is 0 Å². The molecule has 1 amide bonds. The number of hydrogen-bond donors (Lipinski definition) is 0. The Bertz CT molecular complexity index is 758. The van der Waals surface area contributed by atoms with E-state index in [2.05, 4.69) is 25.8 Å². The summed E-state index contributed by atoms with van der Waals surface area (Å²) in [7, 11) is 0. The molecule has 0 spiro atoms. The molecule has 1 saturated heterocycles. The number of anilines is 1. The smallest absolute Gasteiger partial charge is 0.363 e. The molecule has 0 N–H and O–H groups in total. The summed E-state index contributed by atoms with van der Waals surface area (Å²) in [5.41, 5.74) is 1.49. The van der Waals surface area contributed by atoms with Crippen LogP contribution in [0.1, 0.15) is 10.4 Å². The Morgan fingerprint density at radius 1 is 1.17 bits per heavy atom. The van der Waals surface area contributed by atoms with Crippen molar-refractivity contribution in [3.05, 3.63) is 62.7 Å². The summed E-state index contributed by atoms with van der Waals surface area (Å²) in [5.74, 6) is -0.153. The number of carbonyl (C=O) groups excluding carboxylic acids is 1. The number of piperazine rings is 1. The number of amides is 1. The number of nitro groups is 1. The van der Waals surface area contributed by atoms with Crippen molar-refractivity contribution in [3.63, 3.8) is 0 Å². The average molecular weight is 391 g/mol. The molecule has 8 heteroatoms. The molecule has 3 rings (SSSR count). The molecule has 0 atom stereocenters. The molecule has 1 aliphatic heterocycles. The maximum absolute atomic E-state index is 12.5. The SMILES string of the molecule is O=C(c1cccc(Br)c1)N1CCN(c2ccc([N+](=O)[O-])nc2)CC1. The first-order chi connectivity index (χ1) is 11.5. The van der Waals surface area contributed by atoms with Crippen molar-refractivity contribution < 1.29 is 9.72 Å². The first kappa shape index (κ1) is 16.4. The molecule has 2 heterocycles. The zero-order chi connectivity index (χ0) is 17.1. The van der Waals surface area contributed by atoms with Crippen molar-refractivity contribution in [2.75, 3.05) is 31.1 Å². The highest BCUT2D eigenvalue weighted by molar-refractivity contribution is 9.10. The van der Waals surface area contributed by atoms with Gasteiger partial charge in [-0.15, -0.1) is 0 Å². The van der Waals surface area contributed by atoms with Gasteiger partial charge >= 0.3 is 5.82 Å². The number of hydrogen-bond acceptors (Lipinski definition) is 5. The van der Waals surface area contributed by atoms with Crippen LogP contribution in [0.25, 0.3) is 0 Å². The molecule has 0 unspecified atom stereocenters. The lowest BCUT2D eigenvalue weighted by molar-refractivity contribution is -0.389. The van der Waals surface area contributed by atoms with E-state index in [0.29, 0.717) is 31.7 Å². The van der Waals surface area contributed by atoms with Crippen LogP contribution in [0.3, 0.4) is 0 Å². The molecule has 0 saturated carbocycles. The van der Waals surface area contributed by atoms with Crippen molar-refractivity contribution in [3.8, 4) is 0 Å². The zero-order valence-electron chi connectivity index (χ0n) is 12.8. The van der Waals surface area contributed by atoms with Crippen LogP contribution in [0.2, 0.25) is 0 Å². The predicted molar refractivity (Wildman–Crippen MR) is 93.1 cm³/mol. The Morgan fingerprint density at radius 2 is 1.92 bits per heavy atom. The molecular formula is C16H15BrN4O3. The highest BCUT2D eigenvalue weighted by Gasteiger charge is 2.23. The van der Waals surface area contributed by atoms with Gasteiger partial charge in [0.05, 0.1) is 5.69 Å². The third-order valence-corrected chi connectivity index (χ3v) is 4.42. The third-order valence-electron chi connectivity index (χ3n) is 3.92. The molecule has 124 valence electrons. The summed E-state index contributed by atoms with van der Waals surface area (Å²) in [6.07, 6.45) is 1.50. The van der Waals surface area contributed by atoms with Gasteiger partial charge in [0, 0.05) is 42.3 Å². The van der Waals surface area contributed by atoms with Gasteiger partial charge in [0.15, 0.2) is 6.20 Å². The van der Waals surface area contributed by atoms with Crippen molar-refractivity contribution >= 4 is 33.3 Å². The molecule has 0 radical (unpaired) electrons. The van der Waals surface area contributed by atoms with Crippen molar-refractivity contribution in [1.82, 2.24) is 9.88 Å². The molecule has 1 fully saturated rings. The van der Waals surface area contributed by atoms with E-state index in [1.807, 2.05) is 23.1 Å². The molecule has 2 aromatic rings. The maximum atomic E-state index is 12.5. The van der Waals surface area contributed by atoms with Crippen LogP contribution in [0.15, 0.2) is 47.1 Å². The van der Waals surface area contributed by atoms with Gasteiger partial charge in [-0.25, -0.2) is 0 Å². The predicted octanol–water partition coefficient (Wildman–Crippen LogP) is 2.71. The second-order valence-electron chi connectivity index (χ2n) is 5.42. The second kappa shape index (κ2) is 6.96. The largest absolute Gasteiger partial charge is 0.365 e. The lowest BCUT2D eigenvalue weighted by atomic mass is 10.2. The van der Waals surface area contributed by atoms with Gasteiger partial charge in [-0.05, 0) is 34.2 Å². The van der Waals surface area contributed by atoms with E-state index in [0.717, 1.165) is 10.2 Å². The number of halogens is 1. The van der Waals surface area contributed by atoms with Crippen LogP contribution < -0.4 is 4.90 Å². The average Bonchev–Trinajstić information content (AvgIpc) is 2.61. The van der Waals surface area contributed by atoms with E-state index in [1.54, 1.807) is 12.1 Å². The Balaban J connectivity index is 1.63. The van der Waals surface area contributed by atoms with E-state index in [9.17, 15) is 14.9 Å². The Hall–Kier alpha value is -2.48. The van der Waals surface area contributed by atoms with Gasteiger partial charge in [0.1, 0.15) is 0 Å². The minimum atomic E-state index is -0.515. The van der Waals surface area contributed by atoms with Gasteiger partial charge in [-0.1, -0.05) is 22.0 Å².